The van der Waals surface area contributed by atoms with E-state index in [0.717, 1.165) is 39.0 Å². The van der Waals surface area contributed by atoms with Gasteiger partial charge in [0.25, 0.3) is 0 Å². The minimum atomic E-state index is -0.166. The van der Waals surface area contributed by atoms with Crippen molar-refractivity contribution in [2.24, 2.45) is 5.41 Å². The average molecular weight is 226 g/mol. The van der Waals surface area contributed by atoms with E-state index in [9.17, 15) is 0 Å². The monoisotopic (exact) mass is 226 g/mol. The van der Waals surface area contributed by atoms with Gasteiger partial charge in [-0.1, -0.05) is 6.42 Å². The SMILES string of the molecule is CC(C)OCCNCCCCC(C)(C)C#N. The second-order valence-electron chi connectivity index (χ2n) is 5.12. The van der Waals surface area contributed by atoms with Crippen LogP contribution in [0.2, 0.25) is 0 Å². The lowest BCUT2D eigenvalue weighted by Crippen LogP contribution is -2.22. The van der Waals surface area contributed by atoms with Crippen molar-refractivity contribution in [3.8, 4) is 6.07 Å². The molecule has 0 unspecified atom stereocenters. The number of ether oxygens (including phenoxy) is 1. The van der Waals surface area contributed by atoms with Crippen molar-refractivity contribution in [2.45, 2.75) is 53.1 Å². The fourth-order valence-electron chi connectivity index (χ4n) is 1.36. The second kappa shape index (κ2) is 8.55. The molecular formula is C13H26N2O. The van der Waals surface area contributed by atoms with Gasteiger partial charge in [-0.15, -0.1) is 0 Å². The Morgan fingerprint density at radius 1 is 1.25 bits per heavy atom. The molecule has 0 aliphatic heterocycles. The molecule has 3 nitrogen and oxygen atoms in total. The third-order valence-corrected chi connectivity index (χ3v) is 2.44. The molecule has 0 aliphatic carbocycles. The van der Waals surface area contributed by atoms with E-state index in [2.05, 4.69) is 11.4 Å². The van der Waals surface area contributed by atoms with Crippen LogP contribution in [-0.4, -0.2) is 25.8 Å². The molecule has 94 valence electrons. The Hall–Kier alpha value is -0.590. The number of nitrogens with one attached hydrogen (secondary N) is 1. The van der Waals surface area contributed by atoms with Crippen molar-refractivity contribution in [1.82, 2.24) is 5.32 Å². The molecule has 0 aromatic rings. The van der Waals surface area contributed by atoms with Gasteiger partial charge < -0.3 is 10.1 Å². The summed E-state index contributed by atoms with van der Waals surface area (Å²) in [7, 11) is 0. The summed E-state index contributed by atoms with van der Waals surface area (Å²) in [6.45, 7) is 10.8. The van der Waals surface area contributed by atoms with Crippen molar-refractivity contribution in [2.75, 3.05) is 19.7 Å². The van der Waals surface area contributed by atoms with Gasteiger partial charge in [0.05, 0.1) is 24.2 Å². The first-order valence-electron chi connectivity index (χ1n) is 6.21. The fourth-order valence-corrected chi connectivity index (χ4v) is 1.36. The van der Waals surface area contributed by atoms with Gasteiger partial charge in [0.1, 0.15) is 0 Å². The Morgan fingerprint density at radius 3 is 2.50 bits per heavy atom. The van der Waals surface area contributed by atoms with Crippen molar-refractivity contribution in [1.29, 1.82) is 5.26 Å². The third kappa shape index (κ3) is 9.95. The molecule has 0 spiro atoms. The smallest absolute Gasteiger partial charge is 0.0683 e. The van der Waals surface area contributed by atoms with E-state index in [0.29, 0.717) is 6.10 Å². The minimum Gasteiger partial charge on any atom is -0.377 e. The van der Waals surface area contributed by atoms with Gasteiger partial charge in [0.2, 0.25) is 0 Å². The van der Waals surface area contributed by atoms with Gasteiger partial charge in [0, 0.05) is 6.54 Å². The highest BCUT2D eigenvalue weighted by atomic mass is 16.5. The van der Waals surface area contributed by atoms with Crippen LogP contribution >= 0.6 is 0 Å². The van der Waals surface area contributed by atoms with Crippen LogP contribution in [0.3, 0.4) is 0 Å². The first-order valence-corrected chi connectivity index (χ1v) is 6.21. The van der Waals surface area contributed by atoms with Crippen LogP contribution in [0, 0.1) is 16.7 Å². The predicted molar refractivity (Wildman–Crippen MR) is 67.2 cm³/mol. The molecule has 0 atom stereocenters. The van der Waals surface area contributed by atoms with Crippen LogP contribution in [0.15, 0.2) is 0 Å². The lowest BCUT2D eigenvalue weighted by Gasteiger charge is -2.14. The number of hydrogen-bond acceptors (Lipinski definition) is 3. The molecule has 3 heteroatoms. The summed E-state index contributed by atoms with van der Waals surface area (Å²) in [5, 5.41) is 12.2. The Kier molecular flexibility index (Phi) is 8.23. The van der Waals surface area contributed by atoms with E-state index >= 15 is 0 Å². The third-order valence-electron chi connectivity index (χ3n) is 2.44. The molecule has 16 heavy (non-hydrogen) atoms. The van der Waals surface area contributed by atoms with Gasteiger partial charge in [0.15, 0.2) is 0 Å². The van der Waals surface area contributed by atoms with Crippen molar-refractivity contribution >= 4 is 0 Å². The summed E-state index contributed by atoms with van der Waals surface area (Å²) in [4.78, 5) is 0. The molecule has 0 aromatic heterocycles. The molecule has 0 aliphatic rings. The van der Waals surface area contributed by atoms with Gasteiger partial charge >= 0.3 is 0 Å². The van der Waals surface area contributed by atoms with E-state index < -0.39 is 0 Å². The van der Waals surface area contributed by atoms with E-state index in [4.69, 9.17) is 10.00 Å². The first-order chi connectivity index (χ1) is 7.48. The van der Waals surface area contributed by atoms with Crippen LogP contribution in [0.5, 0.6) is 0 Å². The van der Waals surface area contributed by atoms with E-state index in [1.807, 2.05) is 27.7 Å². The van der Waals surface area contributed by atoms with Crippen LogP contribution < -0.4 is 5.32 Å². The van der Waals surface area contributed by atoms with Crippen LogP contribution in [0.4, 0.5) is 0 Å². The molecule has 0 saturated heterocycles. The van der Waals surface area contributed by atoms with Crippen LogP contribution in [0.1, 0.15) is 47.0 Å². The summed E-state index contributed by atoms with van der Waals surface area (Å²) < 4.78 is 5.41. The van der Waals surface area contributed by atoms with Crippen molar-refractivity contribution in [3.63, 3.8) is 0 Å². The summed E-state index contributed by atoms with van der Waals surface area (Å²) in [5.74, 6) is 0. The van der Waals surface area contributed by atoms with Gasteiger partial charge in [-0.25, -0.2) is 0 Å². The average Bonchev–Trinajstić information content (AvgIpc) is 2.21. The molecule has 0 fully saturated rings. The molecule has 1 N–H and O–H groups in total. The number of nitrogens with zero attached hydrogens (tertiary/aromatic N) is 1. The topological polar surface area (TPSA) is 45.0 Å². The van der Waals surface area contributed by atoms with Gasteiger partial charge in [-0.3, -0.25) is 0 Å². The highest BCUT2D eigenvalue weighted by Gasteiger charge is 2.14. The predicted octanol–water partition coefficient (Wildman–Crippen LogP) is 2.72. The van der Waals surface area contributed by atoms with Crippen molar-refractivity contribution < 1.29 is 4.74 Å². The quantitative estimate of drug-likeness (QED) is 0.615. The summed E-state index contributed by atoms with van der Waals surface area (Å²) in [6.07, 6.45) is 3.54. The summed E-state index contributed by atoms with van der Waals surface area (Å²) in [5.41, 5.74) is -0.166. The Balaban J connectivity index is 3.20. The zero-order chi connectivity index (χ0) is 12.4. The van der Waals surface area contributed by atoms with E-state index in [1.54, 1.807) is 0 Å². The summed E-state index contributed by atoms with van der Waals surface area (Å²) >= 11 is 0. The lowest BCUT2D eigenvalue weighted by atomic mass is 9.89. The molecule has 0 bridgehead atoms. The molecule has 0 amide bonds. The Bertz CT molecular complexity index is 206. The lowest BCUT2D eigenvalue weighted by molar-refractivity contribution is 0.0808. The van der Waals surface area contributed by atoms with E-state index in [-0.39, 0.29) is 5.41 Å². The highest BCUT2D eigenvalue weighted by molar-refractivity contribution is 4.91. The van der Waals surface area contributed by atoms with Gasteiger partial charge in [-0.2, -0.15) is 5.26 Å². The summed E-state index contributed by atoms with van der Waals surface area (Å²) in [6, 6.07) is 2.32. The normalized spacial score (nSPS) is 11.8. The van der Waals surface area contributed by atoms with Crippen LogP contribution in [0.25, 0.3) is 0 Å². The standard InChI is InChI=1S/C13H26N2O/c1-12(2)16-10-9-15-8-6-5-7-13(3,4)11-14/h12,15H,5-10H2,1-4H3. The number of rotatable bonds is 9. The highest BCUT2D eigenvalue weighted by Crippen LogP contribution is 2.21. The fraction of sp³-hybridized carbons (Fsp3) is 0.923. The molecule has 0 saturated carbocycles. The minimum absolute atomic E-state index is 0.166. The number of unbranched alkanes of at least 4 members (excludes halogenated alkanes) is 1. The Morgan fingerprint density at radius 2 is 1.94 bits per heavy atom. The molecule has 0 aromatic carbocycles. The molecule has 0 radical (unpaired) electrons. The molecular weight excluding hydrogens is 200 g/mol. The zero-order valence-electron chi connectivity index (χ0n) is 11.2. The van der Waals surface area contributed by atoms with Crippen LogP contribution in [-0.2, 0) is 4.74 Å². The van der Waals surface area contributed by atoms with Crippen molar-refractivity contribution in [3.05, 3.63) is 0 Å². The number of nitriles is 1. The van der Waals surface area contributed by atoms with Gasteiger partial charge in [-0.05, 0) is 47.1 Å². The first kappa shape index (κ1) is 15.4. The maximum Gasteiger partial charge on any atom is 0.0683 e. The second-order valence-corrected chi connectivity index (χ2v) is 5.12. The zero-order valence-corrected chi connectivity index (χ0v) is 11.2. The van der Waals surface area contributed by atoms with E-state index in [1.165, 1.54) is 0 Å². The maximum absolute atomic E-state index is 8.84. The molecule has 0 rings (SSSR count). The molecule has 0 heterocycles. The largest absolute Gasteiger partial charge is 0.377 e. The maximum atomic E-state index is 8.84. The number of hydrogen-bond donors (Lipinski definition) is 1. The Labute approximate surface area is 100 Å².